The normalized spacial score (nSPS) is 13.3. The van der Waals surface area contributed by atoms with E-state index in [1.54, 1.807) is 0 Å². The minimum atomic E-state index is -0.748. The molecular weight excluding hydrogens is 250 g/mol. The van der Waals surface area contributed by atoms with Crippen LogP contribution in [0.25, 0.3) is 0 Å². The van der Waals surface area contributed by atoms with Crippen molar-refractivity contribution in [1.82, 2.24) is 0 Å². The van der Waals surface area contributed by atoms with Crippen LogP contribution in [0.1, 0.15) is 17.5 Å². The van der Waals surface area contributed by atoms with Crippen molar-refractivity contribution in [1.29, 1.82) is 0 Å². The van der Waals surface area contributed by atoms with Crippen LogP contribution in [-0.2, 0) is 17.6 Å². The molecule has 0 aliphatic carbocycles. The van der Waals surface area contributed by atoms with Gasteiger partial charge in [-0.2, -0.15) is 0 Å². The zero-order valence-electron chi connectivity index (χ0n) is 11.2. The first kappa shape index (κ1) is 12.7. The first-order valence-corrected chi connectivity index (χ1v) is 6.90. The molecule has 3 heteroatoms. The number of aryl methyl sites for hydroxylation is 1. The van der Waals surface area contributed by atoms with E-state index in [2.05, 4.69) is 41.3 Å². The van der Waals surface area contributed by atoms with Gasteiger partial charge in [0.25, 0.3) is 0 Å². The molecule has 2 aromatic rings. The minimum Gasteiger partial charge on any atom is -0.481 e. The van der Waals surface area contributed by atoms with Gasteiger partial charge >= 0.3 is 5.97 Å². The molecule has 3 nitrogen and oxygen atoms in total. The van der Waals surface area contributed by atoms with Crippen LogP contribution in [0.4, 0.5) is 11.4 Å². The van der Waals surface area contributed by atoms with Crippen LogP contribution in [0.2, 0.25) is 0 Å². The van der Waals surface area contributed by atoms with Crippen molar-refractivity contribution < 1.29 is 9.90 Å². The summed E-state index contributed by atoms with van der Waals surface area (Å²) in [6.45, 7) is 1.01. The molecule has 1 N–H and O–H groups in total. The Morgan fingerprint density at radius 1 is 1.10 bits per heavy atom. The van der Waals surface area contributed by atoms with E-state index in [1.165, 1.54) is 16.9 Å². The Morgan fingerprint density at radius 2 is 1.85 bits per heavy atom. The molecule has 20 heavy (non-hydrogen) atoms. The quantitative estimate of drug-likeness (QED) is 0.923. The van der Waals surface area contributed by atoms with E-state index < -0.39 is 5.97 Å². The molecule has 1 aliphatic heterocycles. The Morgan fingerprint density at radius 3 is 2.60 bits per heavy atom. The summed E-state index contributed by atoms with van der Waals surface area (Å²) in [5.74, 6) is -0.748. The zero-order chi connectivity index (χ0) is 13.9. The predicted molar refractivity (Wildman–Crippen MR) is 79.6 cm³/mol. The molecule has 0 spiro atoms. The highest BCUT2D eigenvalue weighted by atomic mass is 16.4. The molecule has 0 amide bonds. The Labute approximate surface area is 118 Å². The summed E-state index contributed by atoms with van der Waals surface area (Å²) >= 11 is 0. The molecule has 1 heterocycles. The number of anilines is 2. The number of para-hydroxylation sites is 1. The first-order valence-electron chi connectivity index (χ1n) is 6.90. The summed E-state index contributed by atoms with van der Waals surface area (Å²) < 4.78 is 0. The van der Waals surface area contributed by atoms with Crippen LogP contribution in [0.3, 0.4) is 0 Å². The summed E-state index contributed by atoms with van der Waals surface area (Å²) in [6, 6.07) is 16.7. The Hall–Kier alpha value is -2.29. The number of nitrogens with zero attached hydrogens (tertiary/aromatic N) is 1. The predicted octanol–water partition coefficient (Wildman–Crippen LogP) is 3.40. The highest BCUT2D eigenvalue weighted by molar-refractivity contribution is 5.70. The maximum absolute atomic E-state index is 10.6. The van der Waals surface area contributed by atoms with E-state index in [1.807, 2.05) is 12.1 Å². The second kappa shape index (κ2) is 5.37. The highest BCUT2D eigenvalue weighted by Crippen LogP contribution is 2.34. The minimum absolute atomic E-state index is 0.186. The summed E-state index contributed by atoms with van der Waals surface area (Å²) in [7, 11) is 0. The summed E-state index contributed by atoms with van der Waals surface area (Å²) in [6.07, 6.45) is 1.86. The lowest BCUT2D eigenvalue weighted by Gasteiger charge is -2.19. The van der Waals surface area contributed by atoms with Crippen molar-refractivity contribution in [2.24, 2.45) is 0 Å². The zero-order valence-corrected chi connectivity index (χ0v) is 11.2. The van der Waals surface area contributed by atoms with Crippen LogP contribution in [0.5, 0.6) is 0 Å². The number of hydrogen-bond acceptors (Lipinski definition) is 2. The molecule has 0 saturated carbocycles. The van der Waals surface area contributed by atoms with Crippen molar-refractivity contribution in [3.63, 3.8) is 0 Å². The smallest absolute Gasteiger partial charge is 0.303 e. The molecule has 0 atom stereocenters. The fourth-order valence-electron chi connectivity index (χ4n) is 2.70. The number of aliphatic carboxylic acids is 1. The van der Waals surface area contributed by atoms with E-state index >= 15 is 0 Å². The average molecular weight is 267 g/mol. The fraction of sp³-hybridized carbons (Fsp3) is 0.235. The topological polar surface area (TPSA) is 40.5 Å². The molecule has 1 aliphatic rings. The van der Waals surface area contributed by atoms with Gasteiger partial charge in [0.2, 0.25) is 0 Å². The number of carbonyl (C=O) groups is 1. The molecule has 102 valence electrons. The van der Waals surface area contributed by atoms with E-state index in [4.69, 9.17) is 5.11 Å². The number of benzene rings is 2. The average Bonchev–Trinajstić information content (AvgIpc) is 2.89. The molecule has 0 fully saturated rings. The van der Waals surface area contributed by atoms with Crippen molar-refractivity contribution in [2.45, 2.75) is 19.3 Å². The largest absolute Gasteiger partial charge is 0.481 e. The number of rotatable bonds is 4. The van der Waals surface area contributed by atoms with Crippen LogP contribution in [-0.4, -0.2) is 17.6 Å². The van der Waals surface area contributed by atoms with Gasteiger partial charge in [-0.25, -0.2) is 0 Å². The van der Waals surface area contributed by atoms with Gasteiger partial charge in [-0.1, -0.05) is 30.3 Å². The highest BCUT2D eigenvalue weighted by Gasteiger charge is 2.19. The molecule has 0 radical (unpaired) electrons. The van der Waals surface area contributed by atoms with Gasteiger partial charge in [0.05, 0.1) is 0 Å². The number of fused-ring (bicyclic) bond motifs is 1. The lowest BCUT2D eigenvalue weighted by Crippen LogP contribution is -2.13. The van der Waals surface area contributed by atoms with Gasteiger partial charge in [0.1, 0.15) is 0 Å². The Bertz CT molecular complexity index is 619. The van der Waals surface area contributed by atoms with E-state index in [0.29, 0.717) is 6.42 Å². The van der Waals surface area contributed by atoms with Crippen molar-refractivity contribution >= 4 is 17.3 Å². The molecule has 0 bridgehead atoms. The number of carboxylic acid groups (broad SMARTS) is 1. The van der Waals surface area contributed by atoms with Crippen molar-refractivity contribution in [3.8, 4) is 0 Å². The molecular formula is C17H17NO2. The first-order chi connectivity index (χ1) is 9.74. The van der Waals surface area contributed by atoms with Gasteiger partial charge in [-0.05, 0) is 42.2 Å². The standard InChI is InChI=1S/C17H17NO2/c19-17(20)10-7-13-5-8-15(9-6-13)18-12-11-14-3-1-2-4-16(14)18/h1-6,8-9H,7,10-12H2,(H,19,20). The van der Waals surface area contributed by atoms with Crippen LogP contribution in [0, 0.1) is 0 Å². The molecule has 0 aromatic heterocycles. The fourth-order valence-corrected chi connectivity index (χ4v) is 2.70. The van der Waals surface area contributed by atoms with Gasteiger partial charge < -0.3 is 10.0 Å². The van der Waals surface area contributed by atoms with Crippen LogP contribution in [0.15, 0.2) is 48.5 Å². The van der Waals surface area contributed by atoms with Gasteiger partial charge in [-0.3, -0.25) is 4.79 Å². The summed E-state index contributed by atoms with van der Waals surface area (Å²) in [5, 5.41) is 8.70. The third-order valence-electron chi connectivity index (χ3n) is 3.76. The summed E-state index contributed by atoms with van der Waals surface area (Å²) in [4.78, 5) is 12.9. The number of carboxylic acids is 1. The van der Waals surface area contributed by atoms with Crippen molar-refractivity contribution in [3.05, 3.63) is 59.7 Å². The SMILES string of the molecule is O=C(O)CCc1ccc(N2CCc3ccccc32)cc1. The van der Waals surface area contributed by atoms with E-state index in [-0.39, 0.29) is 6.42 Å². The van der Waals surface area contributed by atoms with Crippen LogP contribution < -0.4 is 4.90 Å². The molecule has 0 saturated heterocycles. The maximum atomic E-state index is 10.6. The third kappa shape index (κ3) is 2.52. The number of hydrogen-bond donors (Lipinski definition) is 1. The van der Waals surface area contributed by atoms with Gasteiger partial charge in [0.15, 0.2) is 0 Å². The summed E-state index contributed by atoms with van der Waals surface area (Å²) in [5.41, 5.74) is 4.92. The van der Waals surface area contributed by atoms with E-state index in [9.17, 15) is 4.79 Å². The Balaban J connectivity index is 1.77. The lowest BCUT2D eigenvalue weighted by molar-refractivity contribution is -0.136. The van der Waals surface area contributed by atoms with Gasteiger partial charge in [0, 0.05) is 24.3 Å². The van der Waals surface area contributed by atoms with Gasteiger partial charge in [-0.15, -0.1) is 0 Å². The van der Waals surface area contributed by atoms with E-state index in [0.717, 1.165) is 18.5 Å². The molecule has 2 aromatic carbocycles. The Kier molecular flexibility index (Phi) is 3.42. The third-order valence-corrected chi connectivity index (χ3v) is 3.76. The monoisotopic (exact) mass is 267 g/mol. The lowest BCUT2D eigenvalue weighted by atomic mass is 10.1. The second-order valence-corrected chi connectivity index (χ2v) is 5.09. The van der Waals surface area contributed by atoms with Crippen molar-refractivity contribution in [2.75, 3.05) is 11.4 Å². The molecule has 3 rings (SSSR count). The second-order valence-electron chi connectivity index (χ2n) is 5.09. The maximum Gasteiger partial charge on any atom is 0.303 e. The van der Waals surface area contributed by atoms with Crippen LogP contribution >= 0.6 is 0 Å². The molecule has 0 unspecified atom stereocenters.